The van der Waals surface area contributed by atoms with Gasteiger partial charge in [-0.2, -0.15) is 0 Å². The van der Waals surface area contributed by atoms with E-state index in [1.54, 1.807) is 13.0 Å². The Morgan fingerprint density at radius 2 is 1.88 bits per heavy atom. The number of halogens is 3. The third-order valence-electron chi connectivity index (χ3n) is 7.55. The molecular formula is C25H29F3N2O3S. The van der Waals surface area contributed by atoms with Crippen LogP contribution in [0.1, 0.15) is 31.7 Å². The zero-order valence-electron chi connectivity index (χ0n) is 19.1. The number of hydrogen-bond donors (Lipinski definition) is 1. The van der Waals surface area contributed by atoms with Gasteiger partial charge >= 0.3 is 0 Å². The molecule has 184 valence electrons. The minimum atomic E-state index is -3.50. The number of sulfonamides is 1. The van der Waals surface area contributed by atoms with E-state index in [1.165, 1.54) is 18.2 Å². The second-order valence-corrected chi connectivity index (χ2v) is 11.8. The monoisotopic (exact) mass is 494 g/mol. The molecule has 5 rings (SSSR count). The maximum absolute atomic E-state index is 15.7. The van der Waals surface area contributed by atoms with Gasteiger partial charge in [-0.25, -0.2) is 26.3 Å². The fourth-order valence-corrected chi connectivity index (χ4v) is 6.34. The zero-order valence-corrected chi connectivity index (χ0v) is 19.9. The molecule has 2 heterocycles. The van der Waals surface area contributed by atoms with Gasteiger partial charge in [0.2, 0.25) is 10.0 Å². The van der Waals surface area contributed by atoms with Gasteiger partial charge in [0.25, 0.3) is 0 Å². The molecule has 3 fully saturated rings. The number of ether oxygens (including phenoxy) is 1. The van der Waals surface area contributed by atoms with Crippen molar-refractivity contribution < 1.29 is 26.3 Å². The largest absolute Gasteiger partial charge is 0.377 e. The van der Waals surface area contributed by atoms with E-state index in [0.717, 1.165) is 31.4 Å². The van der Waals surface area contributed by atoms with Crippen molar-refractivity contribution in [1.29, 1.82) is 0 Å². The van der Waals surface area contributed by atoms with Crippen LogP contribution in [0.4, 0.5) is 13.2 Å². The number of rotatable bonds is 8. The lowest BCUT2D eigenvalue weighted by Gasteiger charge is -2.35. The molecule has 34 heavy (non-hydrogen) atoms. The second kappa shape index (κ2) is 8.93. The highest BCUT2D eigenvalue weighted by Gasteiger charge is 2.60. The fourth-order valence-electron chi connectivity index (χ4n) is 5.38. The van der Waals surface area contributed by atoms with Crippen molar-refractivity contribution in [1.82, 2.24) is 9.62 Å². The third kappa shape index (κ3) is 4.51. The van der Waals surface area contributed by atoms with Crippen LogP contribution in [-0.2, 0) is 21.2 Å². The summed E-state index contributed by atoms with van der Waals surface area (Å²) in [4.78, 5) is 2.17. The first kappa shape index (κ1) is 23.8. The standard InChI is InChI=1S/C25H29F3N2O3S/c1-2-34(31,32)29-24-22(30(14-18-7-10-33-18)15-25(24)8-9-25)12-16-11-17(26)13-20(23(16)28)19-5-3-4-6-21(19)27/h3-6,11,13,18,22,24,29H,2,7-10,12,14-15H2,1H3/t18?,22-,24+/m0/s1. The Bertz CT molecular complexity index is 1180. The topological polar surface area (TPSA) is 58.6 Å². The highest BCUT2D eigenvalue weighted by atomic mass is 32.2. The molecule has 9 heteroatoms. The molecular weight excluding hydrogens is 465 g/mol. The van der Waals surface area contributed by atoms with Crippen molar-refractivity contribution in [2.24, 2.45) is 5.41 Å². The predicted octanol–water partition coefficient (Wildman–Crippen LogP) is 3.87. The average molecular weight is 495 g/mol. The van der Waals surface area contributed by atoms with Gasteiger partial charge in [-0.05, 0) is 56.4 Å². The van der Waals surface area contributed by atoms with Gasteiger partial charge in [0.1, 0.15) is 17.5 Å². The smallest absolute Gasteiger partial charge is 0.211 e. The van der Waals surface area contributed by atoms with Gasteiger partial charge in [0, 0.05) is 48.3 Å². The molecule has 1 spiro atoms. The molecule has 2 aromatic rings. The molecule has 1 unspecified atom stereocenters. The van der Waals surface area contributed by atoms with Crippen LogP contribution in [0.25, 0.3) is 11.1 Å². The number of nitrogens with one attached hydrogen (secondary N) is 1. The normalized spacial score (nSPS) is 26.1. The van der Waals surface area contributed by atoms with Crippen LogP contribution in [-0.4, -0.2) is 57.0 Å². The van der Waals surface area contributed by atoms with Crippen LogP contribution in [0.2, 0.25) is 0 Å². The Balaban J connectivity index is 1.51. The molecule has 2 aliphatic heterocycles. The van der Waals surface area contributed by atoms with Crippen LogP contribution >= 0.6 is 0 Å². The summed E-state index contributed by atoms with van der Waals surface area (Å²) in [6.45, 7) is 3.59. The van der Waals surface area contributed by atoms with Crippen LogP contribution in [0.5, 0.6) is 0 Å². The molecule has 1 saturated carbocycles. The van der Waals surface area contributed by atoms with Crippen molar-refractivity contribution in [3.8, 4) is 11.1 Å². The van der Waals surface area contributed by atoms with Crippen LogP contribution in [0.3, 0.4) is 0 Å². The molecule has 1 aliphatic carbocycles. The molecule has 1 N–H and O–H groups in total. The summed E-state index contributed by atoms with van der Waals surface area (Å²) in [5.74, 6) is -2.02. The van der Waals surface area contributed by atoms with E-state index >= 15 is 4.39 Å². The van der Waals surface area contributed by atoms with Crippen LogP contribution < -0.4 is 4.72 Å². The molecule has 2 saturated heterocycles. The Hall–Kier alpha value is -1.94. The first-order valence-corrected chi connectivity index (χ1v) is 13.4. The summed E-state index contributed by atoms with van der Waals surface area (Å²) in [6.07, 6.45) is 2.86. The van der Waals surface area contributed by atoms with Crippen LogP contribution in [0, 0.1) is 22.9 Å². The third-order valence-corrected chi connectivity index (χ3v) is 8.92. The van der Waals surface area contributed by atoms with Crippen molar-refractivity contribution in [2.45, 2.75) is 50.8 Å². The molecule has 0 radical (unpaired) electrons. The van der Waals surface area contributed by atoms with Crippen molar-refractivity contribution >= 4 is 10.0 Å². The summed E-state index contributed by atoms with van der Waals surface area (Å²) in [7, 11) is -3.50. The highest BCUT2D eigenvalue weighted by Crippen LogP contribution is 2.55. The Kier molecular flexibility index (Phi) is 6.25. The maximum Gasteiger partial charge on any atom is 0.211 e. The molecule has 0 amide bonds. The van der Waals surface area contributed by atoms with E-state index in [2.05, 4.69) is 9.62 Å². The van der Waals surface area contributed by atoms with Gasteiger partial charge in [-0.3, -0.25) is 4.90 Å². The van der Waals surface area contributed by atoms with Gasteiger partial charge in [-0.15, -0.1) is 0 Å². The summed E-state index contributed by atoms with van der Waals surface area (Å²) >= 11 is 0. The summed E-state index contributed by atoms with van der Waals surface area (Å²) in [5, 5.41) is 0. The summed E-state index contributed by atoms with van der Waals surface area (Å²) < 4.78 is 78.2. The Morgan fingerprint density at radius 1 is 1.15 bits per heavy atom. The first-order chi connectivity index (χ1) is 16.2. The Labute approximate surface area is 198 Å². The van der Waals surface area contributed by atoms with E-state index in [1.807, 2.05) is 0 Å². The SMILES string of the molecule is CCS(=O)(=O)N[C@@H]1[C@H](Cc2cc(F)cc(-c3ccccc3F)c2F)N(CC2CCO2)CC12CC2. The lowest BCUT2D eigenvalue weighted by atomic mass is 9.91. The minimum Gasteiger partial charge on any atom is -0.377 e. The summed E-state index contributed by atoms with van der Waals surface area (Å²) in [6, 6.07) is 7.08. The van der Waals surface area contributed by atoms with Gasteiger partial charge < -0.3 is 4.74 Å². The second-order valence-electron chi connectivity index (χ2n) is 9.75. The van der Waals surface area contributed by atoms with E-state index in [4.69, 9.17) is 4.74 Å². The number of nitrogens with zero attached hydrogens (tertiary/aromatic N) is 1. The zero-order chi connectivity index (χ0) is 24.1. The van der Waals surface area contributed by atoms with Gasteiger partial charge in [0.05, 0.1) is 11.9 Å². The van der Waals surface area contributed by atoms with Crippen molar-refractivity contribution in [2.75, 3.05) is 25.4 Å². The predicted molar refractivity (Wildman–Crippen MR) is 123 cm³/mol. The van der Waals surface area contributed by atoms with Crippen molar-refractivity contribution in [3.05, 3.63) is 59.4 Å². The average Bonchev–Trinajstić information content (AvgIpc) is 3.50. The molecule has 0 bridgehead atoms. The molecule has 2 aromatic carbocycles. The number of likely N-dealkylation sites (tertiary alicyclic amines) is 1. The molecule has 3 atom stereocenters. The number of hydrogen-bond acceptors (Lipinski definition) is 4. The van der Waals surface area contributed by atoms with E-state index in [9.17, 15) is 17.2 Å². The maximum atomic E-state index is 15.7. The summed E-state index contributed by atoms with van der Waals surface area (Å²) in [5.41, 5.74) is -0.226. The lowest BCUT2D eigenvalue weighted by molar-refractivity contribution is -0.0689. The Morgan fingerprint density at radius 3 is 2.50 bits per heavy atom. The molecule has 0 aromatic heterocycles. The van der Waals surface area contributed by atoms with E-state index < -0.39 is 33.5 Å². The van der Waals surface area contributed by atoms with Crippen molar-refractivity contribution in [3.63, 3.8) is 0 Å². The molecule has 5 nitrogen and oxygen atoms in total. The first-order valence-electron chi connectivity index (χ1n) is 11.8. The fraction of sp³-hybridized carbons (Fsp3) is 0.520. The van der Waals surface area contributed by atoms with Gasteiger partial charge in [0.15, 0.2) is 0 Å². The quantitative estimate of drug-likeness (QED) is 0.605. The van der Waals surface area contributed by atoms with Crippen LogP contribution in [0.15, 0.2) is 36.4 Å². The van der Waals surface area contributed by atoms with E-state index in [0.29, 0.717) is 19.7 Å². The van der Waals surface area contributed by atoms with E-state index in [-0.39, 0.29) is 46.4 Å². The molecule has 3 aliphatic rings. The van der Waals surface area contributed by atoms with Gasteiger partial charge in [-0.1, -0.05) is 18.2 Å². The lowest BCUT2D eigenvalue weighted by Crippen LogP contribution is -2.51. The minimum absolute atomic E-state index is 0.00575. The number of benzene rings is 2. The highest BCUT2D eigenvalue weighted by molar-refractivity contribution is 7.89.